The van der Waals surface area contributed by atoms with Gasteiger partial charge in [-0.05, 0) is 19.3 Å². The van der Waals surface area contributed by atoms with Gasteiger partial charge in [0, 0.05) is 26.3 Å². The topological polar surface area (TPSA) is 59.1 Å². The van der Waals surface area contributed by atoms with Crippen LogP contribution in [0.1, 0.15) is 19.3 Å². The summed E-state index contributed by atoms with van der Waals surface area (Å²) in [6.07, 6.45) is 5.27. The van der Waals surface area contributed by atoms with Gasteiger partial charge < -0.3 is 15.4 Å². The number of methoxy groups -OCH3 is 1. The molecule has 1 aliphatic carbocycles. The number of nitrogens with zero attached hydrogens (tertiary/aromatic N) is 2. The Morgan fingerprint density at radius 3 is 2.81 bits per heavy atom. The minimum Gasteiger partial charge on any atom is -0.381 e. The fraction of sp³-hybridized carbons (Fsp3) is 0.636. The van der Waals surface area contributed by atoms with Crippen LogP contribution >= 0.6 is 0 Å². The second-order valence-corrected chi connectivity index (χ2v) is 4.05. The van der Waals surface area contributed by atoms with E-state index in [2.05, 4.69) is 20.6 Å². The molecule has 88 valence electrons. The van der Waals surface area contributed by atoms with Crippen LogP contribution < -0.4 is 10.6 Å². The van der Waals surface area contributed by atoms with Gasteiger partial charge in [0.1, 0.15) is 18.0 Å². The highest BCUT2D eigenvalue weighted by Gasteiger charge is 2.24. The zero-order valence-corrected chi connectivity index (χ0v) is 9.73. The van der Waals surface area contributed by atoms with E-state index in [0.29, 0.717) is 12.1 Å². The third kappa shape index (κ3) is 2.61. The Balaban J connectivity index is 1.94. The quantitative estimate of drug-likeness (QED) is 0.808. The monoisotopic (exact) mass is 222 g/mol. The molecule has 2 atom stereocenters. The molecule has 0 spiro atoms. The molecule has 5 heteroatoms. The lowest BCUT2D eigenvalue weighted by molar-refractivity contribution is 0.108. The van der Waals surface area contributed by atoms with Crippen LogP contribution in [0.4, 0.5) is 11.6 Å². The van der Waals surface area contributed by atoms with Crippen molar-refractivity contribution in [3.63, 3.8) is 0 Å². The van der Waals surface area contributed by atoms with E-state index in [9.17, 15) is 0 Å². The minimum atomic E-state index is 0.392. The molecule has 16 heavy (non-hydrogen) atoms. The molecule has 5 nitrogen and oxygen atoms in total. The number of nitrogens with one attached hydrogen (secondary N) is 2. The number of hydrogen-bond acceptors (Lipinski definition) is 5. The van der Waals surface area contributed by atoms with E-state index in [4.69, 9.17) is 4.74 Å². The van der Waals surface area contributed by atoms with Gasteiger partial charge in [0.2, 0.25) is 0 Å². The maximum atomic E-state index is 5.34. The van der Waals surface area contributed by atoms with Crippen LogP contribution in [-0.2, 0) is 4.74 Å². The molecule has 0 saturated heterocycles. The van der Waals surface area contributed by atoms with Crippen molar-refractivity contribution >= 4 is 11.6 Å². The summed E-state index contributed by atoms with van der Waals surface area (Å²) in [4.78, 5) is 8.28. The Morgan fingerprint density at radius 2 is 2.12 bits per heavy atom. The third-order valence-corrected chi connectivity index (χ3v) is 2.99. The summed E-state index contributed by atoms with van der Waals surface area (Å²) in [6, 6.07) is 2.38. The van der Waals surface area contributed by atoms with Gasteiger partial charge in [-0.15, -0.1) is 0 Å². The van der Waals surface area contributed by atoms with Gasteiger partial charge in [-0.1, -0.05) is 0 Å². The summed E-state index contributed by atoms with van der Waals surface area (Å²) in [6.45, 7) is 0. The SMILES string of the molecule is CNc1cc(NC2CCC(OC)C2)ncn1. The Hall–Kier alpha value is -1.36. The highest BCUT2D eigenvalue weighted by atomic mass is 16.5. The van der Waals surface area contributed by atoms with Crippen LogP contribution in [0.25, 0.3) is 0 Å². The molecule has 2 unspecified atom stereocenters. The molecular formula is C11H18N4O. The predicted octanol–water partition coefficient (Wildman–Crippen LogP) is 1.50. The van der Waals surface area contributed by atoms with Crippen molar-refractivity contribution in [3.8, 4) is 0 Å². The molecule has 0 aromatic carbocycles. The van der Waals surface area contributed by atoms with E-state index in [1.54, 1.807) is 13.4 Å². The molecule has 0 amide bonds. The van der Waals surface area contributed by atoms with Crippen molar-refractivity contribution in [1.29, 1.82) is 0 Å². The van der Waals surface area contributed by atoms with Gasteiger partial charge in [-0.3, -0.25) is 0 Å². The zero-order valence-electron chi connectivity index (χ0n) is 9.73. The molecular weight excluding hydrogens is 204 g/mol. The maximum Gasteiger partial charge on any atom is 0.131 e. The van der Waals surface area contributed by atoms with Crippen LogP contribution in [-0.4, -0.2) is 36.3 Å². The molecule has 0 aliphatic heterocycles. The van der Waals surface area contributed by atoms with Crippen LogP contribution in [0.2, 0.25) is 0 Å². The summed E-state index contributed by atoms with van der Waals surface area (Å²) in [7, 11) is 3.62. The Kier molecular flexibility index (Phi) is 3.56. The maximum absolute atomic E-state index is 5.34. The molecule has 1 aromatic heterocycles. The van der Waals surface area contributed by atoms with Crippen LogP contribution in [0.15, 0.2) is 12.4 Å². The van der Waals surface area contributed by atoms with Gasteiger partial charge in [0.15, 0.2) is 0 Å². The van der Waals surface area contributed by atoms with Gasteiger partial charge in [0.25, 0.3) is 0 Å². The lowest BCUT2D eigenvalue weighted by Crippen LogP contribution is -2.18. The van der Waals surface area contributed by atoms with Crippen molar-refractivity contribution in [2.24, 2.45) is 0 Å². The van der Waals surface area contributed by atoms with Gasteiger partial charge in [-0.25, -0.2) is 9.97 Å². The summed E-state index contributed by atoms with van der Waals surface area (Å²) in [5.41, 5.74) is 0. The largest absolute Gasteiger partial charge is 0.381 e. The van der Waals surface area contributed by atoms with E-state index in [1.807, 2.05) is 13.1 Å². The van der Waals surface area contributed by atoms with Crippen molar-refractivity contribution < 1.29 is 4.74 Å². The molecule has 0 bridgehead atoms. The summed E-state index contributed by atoms with van der Waals surface area (Å²) in [5.74, 6) is 1.71. The van der Waals surface area contributed by atoms with Crippen molar-refractivity contribution in [3.05, 3.63) is 12.4 Å². The molecule has 2 N–H and O–H groups in total. The molecule has 2 rings (SSSR count). The lowest BCUT2D eigenvalue weighted by atomic mass is 10.2. The van der Waals surface area contributed by atoms with Crippen molar-refractivity contribution in [1.82, 2.24) is 9.97 Å². The van der Waals surface area contributed by atoms with Gasteiger partial charge >= 0.3 is 0 Å². The first-order chi connectivity index (χ1) is 7.81. The minimum absolute atomic E-state index is 0.392. The Morgan fingerprint density at radius 1 is 1.31 bits per heavy atom. The second kappa shape index (κ2) is 5.12. The summed E-state index contributed by atoms with van der Waals surface area (Å²) < 4.78 is 5.34. The normalized spacial score (nSPS) is 24.4. The number of anilines is 2. The van der Waals surface area contributed by atoms with Gasteiger partial charge in [0.05, 0.1) is 6.10 Å². The highest BCUT2D eigenvalue weighted by Crippen LogP contribution is 2.24. The third-order valence-electron chi connectivity index (χ3n) is 2.99. The summed E-state index contributed by atoms with van der Waals surface area (Å²) >= 11 is 0. The first kappa shape index (κ1) is 11.1. The van der Waals surface area contributed by atoms with Crippen molar-refractivity contribution in [2.45, 2.75) is 31.4 Å². The smallest absolute Gasteiger partial charge is 0.131 e. The summed E-state index contributed by atoms with van der Waals surface area (Å²) in [5, 5.41) is 6.41. The van der Waals surface area contributed by atoms with Crippen molar-refractivity contribution in [2.75, 3.05) is 24.8 Å². The Labute approximate surface area is 95.6 Å². The lowest BCUT2D eigenvalue weighted by Gasteiger charge is -2.13. The average Bonchev–Trinajstić information content (AvgIpc) is 2.77. The number of ether oxygens (including phenoxy) is 1. The number of aromatic nitrogens is 2. The van der Waals surface area contributed by atoms with Crippen LogP contribution in [0, 0.1) is 0 Å². The first-order valence-corrected chi connectivity index (χ1v) is 5.61. The van der Waals surface area contributed by atoms with E-state index in [1.165, 1.54) is 0 Å². The fourth-order valence-corrected chi connectivity index (χ4v) is 2.07. The van der Waals surface area contributed by atoms with E-state index in [0.717, 1.165) is 30.9 Å². The van der Waals surface area contributed by atoms with Crippen LogP contribution in [0.5, 0.6) is 0 Å². The molecule has 0 radical (unpaired) electrons. The molecule has 1 aromatic rings. The molecule has 1 aliphatic rings. The van der Waals surface area contributed by atoms with E-state index < -0.39 is 0 Å². The highest BCUT2D eigenvalue weighted by molar-refractivity contribution is 5.46. The number of hydrogen-bond donors (Lipinski definition) is 2. The van der Waals surface area contributed by atoms with E-state index >= 15 is 0 Å². The Bertz CT molecular complexity index is 345. The van der Waals surface area contributed by atoms with Gasteiger partial charge in [-0.2, -0.15) is 0 Å². The average molecular weight is 222 g/mol. The van der Waals surface area contributed by atoms with E-state index in [-0.39, 0.29) is 0 Å². The standard InChI is InChI=1S/C11H18N4O/c1-12-10-6-11(14-7-13-10)15-8-3-4-9(5-8)16-2/h6-9H,3-5H2,1-2H3,(H2,12,13,14,15). The molecule has 1 saturated carbocycles. The van der Waals surface area contributed by atoms with Crippen LogP contribution in [0.3, 0.4) is 0 Å². The first-order valence-electron chi connectivity index (χ1n) is 5.61. The zero-order chi connectivity index (χ0) is 11.4. The fourth-order valence-electron chi connectivity index (χ4n) is 2.07. The molecule has 1 fully saturated rings. The predicted molar refractivity (Wildman–Crippen MR) is 63.6 cm³/mol. The molecule has 1 heterocycles. The second-order valence-electron chi connectivity index (χ2n) is 4.05. The number of rotatable bonds is 4.